The normalized spacial score (nSPS) is 12.1. The lowest BCUT2D eigenvalue weighted by Crippen LogP contribution is -1.91. The van der Waals surface area contributed by atoms with Gasteiger partial charge >= 0.3 is 0 Å². The van der Waals surface area contributed by atoms with E-state index in [0.717, 1.165) is 28.4 Å². The maximum atomic E-state index is 4.59. The molecule has 0 amide bonds. The molecule has 0 aliphatic heterocycles. The average Bonchev–Trinajstić information content (AvgIpc) is 3.33. The topological polar surface area (TPSA) is 37.3 Å². The Hall–Kier alpha value is -3.24. The van der Waals surface area contributed by atoms with Crippen molar-refractivity contribution in [1.82, 2.24) is 4.98 Å². The quantitative estimate of drug-likeness (QED) is 0.321. The third-order valence-electron chi connectivity index (χ3n) is 4.77. The van der Waals surface area contributed by atoms with Gasteiger partial charge in [0.15, 0.2) is 0 Å². The Kier molecular flexibility index (Phi) is 4.03. The summed E-state index contributed by atoms with van der Waals surface area (Å²) in [6, 6.07) is 25.3. The van der Waals surface area contributed by atoms with Crippen LogP contribution in [0, 0.1) is 0 Å². The van der Waals surface area contributed by atoms with Gasteiger partial charge in [-0.1, -0.05) is 66.7 Å². The van der Waals surface area contributed by atoms with Crippen LogP contribution >= 0.6 is 11.3 Å². The predicted molar refractivity (Wildman–Crippen MR) is 113 cm³/mol. The van der Waals surface area contributed by atoms with Crippen molar-refractivity contribution < 1.29 is 0 Å². The molecular weight excluding hydrogens is 350 g/mol. The SMILES string of the molecule is C(=N\Nc1nc(-c2ccccc2)cs1)/c1ccc2c(c1)Cc1ccccc1-2. The number of nitrogens with one attached hydrogen (secondary N) is 1. The molecule has 3 nitrogen and oxygen atoms in total. The van der Waals surface area contributed by atoms with E-state index in [9.17, 15) is 0 Å². The summed E-state index contributed by atoms with van der Waals surface area (Å²) < 4.78 is 0. The molecule has 0 saturated heterocycles. The molecule has 4 aromatic rings. The minimum absolute atomic E-state index is 0.790. The summed E-state index contributed by atoms with van der Waals surface area (Å²) in [5, 5.41) is 7.20. The number of aromatic nitrogens is 1. The number of hydrazone groups is 1. The highest BCUT2D eigenvalue weighted by Crippen LogP contribution is 2.36. The smallest absolute Gasteiger partial charge is 0.203 e. The van der Waals surface area contributed by atoms with E-state index in [-0.39, 0.29) is 0 Å². The summed E-state index contributed by atoms with van der Waals surface area (Å²) >= 11 is 1.56. The Labute approximate surface area is 162 Å². The van der Waals surface area contributed by atoms with Gasteiger partial charge in [0.05, 0.1) is 11.9 Å². The molecule has 0 bridgehead atoms. The zero-order chi connectivity index (χ0) is 18.1. The number of anilines is 1. The van der Waals surface area contributed by atoms with Crippen LogP contribution in [0.2, 0.25) is 0 Å². The lowest BCUT2D eigenvalue weighted by Gasteiger charge is -2.01. The Balaban J connectivity index is 1.30. The first kappa shape index (κ1) is 16.0. The number of rotatable bonds is 4. The van der Waals surface area contributed by atoms with Crippen LogP contribution in [0.15, 0.2) is 83.3 Å². The van der Waals surface area contributed by atoms with Gasteiger partial charge in [0.2, 0.25) is 5.13 Å². The maximum absolute atomic E-state index is 4.59. The van der Waals surface area contributed by atoms with Crippen molar-refractivity contribution in [3.05, 3.63) is 94.9 Å². The van der Waals surface area contributed by atoms with Crippen molar-refractivity contribution in [3.63, 3.8) is 0 Å². The zero-order valence-electron chi connectivity index (χ0n) is 14.6. The van der Waals surface area contributed by atoms with Gasteiger partial charge < -0.3 is 0 Å². The molecule has 0 saturated carbocycles. The summed E-state index contributed by atoms with van der Waals surface area (Å²) in [7, 11) is 0. The standard InChI is InChI=1S/C23H17N3S/c1-2-6-17(7-3-1)22-15-27-23(25-22)26-24-14-16-10-11-21-19(12-16)13-18-8-4-5-9-20(18)21/h1-12,14-15H,13H2,(H,25,26)/b24-14+. The summed E-state index contributed by atoms with van der Waals surface area (Å²) in [6.45, 7) is 0. The second-order valence-electron chi connectivity index (χ2n) is 6.52. The highest BCUT2D eigenvalue weighted by atomic mass is 32.1. The van der Waals surface area contributed by atoms with Crippen LogP contribution in [-0.2, 0) is 6.42 Å². The maximum Gasteiger partial charge on any atom is 0.203 e. The Morgan fingerprint density at radius 2 is 1.70 bits per heavy atom. The van der Waals surface area contributed by atoms with E-state index in [0.29, 0.717) is 0 Å². The van der Waals surface area contributed by atoms with Crippen molar-refractivity contribution in [1.29, 1.82) is 0 Å². The number of benzene rings is 3. The summed E-state index contributed by atoms with van der Waals surface area (Å²) in [5.74, 6) is 0. The zero-order valence-corrected chi connectivity index (χ0v) is 15.4. The number of nitrogens with zero attached hydrogens (tertiary/aromatic N) is 2. The molecule has 0 spiro atoms. The van der Waals surface area contributed by atoms with E-state index < -0.39 is 0 Å². The lowest BCUT2D eigenvalue weighted by molar-refractivity contribution is 1.26. The van der Waals surface area contributed by atoms with Crippen molar-refractivity contribution >= 4 is 22.7 Å². The number of hydrogen-bond acceptors (Lipinski definition) is 4. The number of thiazole rings is 1. The third kappa shape index (κ3) is 3.15. The summed E-state index contributed by atoms with van der Waals surface area (Å²) in [5.41, 5.74) is 11.7. The molecule has 3 aromatic carbocycles. The van der Waals surface area contributed by atoms with Crippen molar-refractivity contribution in [3.8, 4) is 22.4 Å². The van der Waals surface area contributed by atoms with E-state index in [2.05, 4.69) is 70.1 Å². The minimum Gasteiger partial charge on any atom is -0.253 e. The largest absolute Gasteiger partial charge is 0.253 e. The van der Waals surface area contributed by atoms with Crippen LogP contribution in [0.5, 0.6) is 0 Å². The van der Waals surface area contributed by atoms with Gasteiger partial charge in [-0.2, -0.15) is 5.10 Å². The molecule has 0 atom stereocenters. The van der Waals surface area contributed by atoms with Gasteiger partial charge in [-0.25, -0.2) is 4.98 Å². The van der Waals surface area contributed by atoms with Crippen LogP contribution < -0.4 is 5.43 Å². The van der Waals surface area contributed by atoms with Gasteiger partial charge in [-0.3, -0.25) is 5.43 Å². The van der Waals surface area contributed by atoms with Gasteiger partial charge in [0, 0.05) is 10.9 Å². The van der Waals surface area contributed by atoms with Crippen molar-refractivity contribution in [2.45, 2.75) is 6.42 Å². The van der Waals surface area contributed by atoms with Crippen LogP contribution in [0.1, 0.15) is 16.7 Å². The Bertz CT molecular complexity index is 1130. The molecule has 0 fully saturated rings. The molecule has 4 heteroatoms. The molecule has 1 aromatic heterocycles. The van der Waals surface area contributed by atoms with Crippen molar-refractivity contribution in [2.24, 2.45) is 5.10 Å². The van der Waals surface area contributed by atoms with E-state index >= 15 is 0 Å². The van der Waals surface area contributed by atoms with Crippen LogP contribution in [0.4, 0.5) is 5.13 Å². The highest BCUT2D eigenvalue weighted by Gasteiger charge is 2.17. The van der Waals surface area contributed by atoms with Gasteiger partial charge in [-0.15, -0.1) is 11.3 Å². The fourth-order valence-electron chi connectivity index (χ4n) is 3.47. The molecule has 0 radical (unpaired) electrons. The highest BCUT2D eigenvalue weighted by molar-refractivity contribution is 7.14. The third-order valence-corrected chi connectivity index (χ3v) is 5.51. The molecule has 5 rings (SSSR count). The van der Waals surface area contributed by atoms with Crippen LogP contribution in [0.25, 0.3) is 22.4 Å². The van der Waals surface area contributed by atoms with E-state index in [1.54, 1.807) is 11.3 Å². The van der Waals surface area contributed by atoms with Crippen molar-refractivity contribution in [2.75, 3.05) is 5.43 Å². The Morgan fingerprint density at radius 3 is 2.63 bits per heavy atom. The van der Waals surface area contributed by atoms with E-state index in [1.807, 2.05) is 29.8 Å². The lowest BCUT2D eigenvalue weighted by atomic mass is 10.0. The molecule has 1 aliphatic rings. The average molecular weight is 367 g/mol. The molecule has 1 aliphatic carbocycles. The first-order valence-corrected chi connectivity index (χ1v) is 9.76. The molecule has 1 N–H and O–H groups in total. The molecule has 0 unspecified atom stereocenters. The van der Waals surface area contributed by atoms with Gasteiger partial charge in [0.25, 0.3) is 0 Å². The first-order chi connectivity index (χ1) is 13.4. The summed E-state index contributed by atoms with van der Waals surface area (Å²) in [4.78, 5) is 4.59. The number of fused-ring (bicyclic) bond motifs is 3. The second-order valence-corrected chi connectivity index (χ2v) is 7.38. The number of hydrogen-bond donors (Lipinski definition) is 1. The van der Waals surface area contributed by atoms with E-state index in [4.69, 9.17) is 0 Å². The van der Waals surface area contributed by atoms with Gasteiger partial charge in [-0.05, 0) is 40.3 Å². The molecule has 130 valence electrons. The second kappa shape index (κ2) is 6.82. The van der Waals surface area contributed by atoms with Crippen LogP contribution in [0.3, 0.4) is 0 Å². The first-order valence-electron chi connectivity index (χ1n) is 8.88. The van der Waals surface area contributed by atoms with Gasteiger partial charge in [0.1, 0.15) is 0 Å². The monoisotopic (exact) mass is 367 g/mol. The van der Waals surface area contributed by atoms with Crippen LogP contribution in [-0.4, -0.2) is 11.2 Å². The fraction of sp³-hybridized carbons (Fsp3) is 0.0435. The molecule has 1 heterocycles. The fourth-order valence-corrected chi connectivity index (χ4v) is 4.14. The minimum atomic E-state index is 0.790. The molecule has 27 heavy (non-hydrogen) atoms. The molecular formula is C23H17N3S. The van der Waals surface area contributed by atoms with E-state index in [1.165, 1.54) is 22.3 Å². The predicted octanol–water partition coefficient (Wildman–Crippen LogP) is 5.83. The Morgan fingerprint density at radius 1 is 0.889 bits per heavy atom. The summed E-state index contributed by atoms with van der Waals surface area (Å²) in [6.07, 6.45) is 2.85.